The van der Waals surface area contributed by atoms with Gasteiger partial charge in [0.1, 0.15) is 11.6 Å². The van der Waals surface area contributed by atoms with Gasteiger partial charge >= 0.3 is 5.97 Å². The van der Waals surface area contributed by atoms with Crippen LogP contribution < -0.4 is 5.32 Å². The molecule has 0 bridgehead atoms. The molecule has 126 valence electrons. The molecule has 0 saturated heterocycles. The third kappa shape index (κ3) is 4.29. The van der Waals surface area contributed by atoms with Gasteiger partial charge in [-0.15, -0.1) is 0 Å². The van der Waals surface area contributed by atoms with E-state index in [2.05, 4.69) is 25.5 Å². The number of ether oxygens (including phenoxy) is 1. The van der Waals surface area contributed by atoms with Crippen LogP contribution in [-0.2, 0) is 4.74 Å². The van der Waals surface area contributed by atoms with Crippen LogP contribution in [0.4, 0.5) is 11.6 Å². The predicted molar refractivity (Wildman–Crippen MR) is 95.3 cm³/mol. The number of nitrogens with zero attached hydrogens (tertiary/aromatic N) is 3. The van der Waals surface area contributed by atoms with Gasteiger partial charge in [0.15, 0.2) is 11.5 Å². The van der Waals surface area contributed by atoms with Crippen LogP contribution in [-0.4, -0.2) is 33.2 Å². The van der Waals surface area contributed by atoms with Crippen molar-refractivity contribution in [2.24, 2.45) is 0 Å². The molecule has 0 amide bonds. The van der Waals surface area contributed by atoms with E-state index in [-0.39, 0.29) is 5.69 Å². The Hall–Kier alpha value is -3.48. The van der Waals surface area contributed by atoms with Crippen molar-refractivity contribution in [3.63, 3.8) is 0 Å². The van der Waals surface area contributed by atoms with Gasteiger partial charge < -0.3 is 10.1 Å². The van der Waals surface area contributed by atoms with Crippen molar-refractivity contribution >= 4 is 29.8 Å². The van der Waals surface area contributed by atoms with Crippen LogP contribution in [0.5, 0.6) is 0 Å². The van der Waals surface area contributed by atoms with Gasteiger partial charge in [-0.05, 0) is 18.6 Å². The van der Waals surface area contributed by atoms with Gasteiger partial charge in [0.25, 0.3) is 0 Å². The van der Waals surface area contributed by atoms with Crippen LogP contribution in [0.25, 0.3) is 12.2 Å². The lowest BCUT2D eigenvalue weighted by Crippen LogP contribution is -2.08. The zero-order valence-corrected chi connectivity index (χ0v) is 13.9. The average Bonchev–Trinajstić information content (AvgIpc) is 3.04. The van der Waals surface area contributed by atoms with Crippen LogP contribution >= 0.6 is 0 Å². The highest BCUT2D eigenvalue weighted by atomic mass is 16.5. The molecule has 7 nitrogen and oxygen atoms in total. The van der Waals surface area contributed by atoms with E-state index in [0.29, 0.717) is 17.5 Å². The summed E-state index contributed by atoms with van der Waals surface area (Å²) in [5.74, 6) is 1.00. The summed E-state index contributed by atoms with van der Waals surface area (Å²) in [6.45, 7) is 1.87. The number of nitrogens with one attached hydrogen (secondary N) is 2. The summed E-state index contributed by atoms with van der Waals surface area (Å²) in [5.41, 5.74) is 2.02. The van der Waals surface area contributed by atoms with Gasteiger partial charge in [0.2, 0.25) is 0 Å². The lowest BCUT2D eigenvalue weighted by molar-refractivity contribution is 0.0594. The second-order valence-corrected chi connectivity index (χ2v) is 5.28. The number of aryl methyl sites for hydroxylation is 1. The highest BCUT2D eigenvalue weighted by Crippen LogP contribution is 2.16. The maximum atomic E-state index is 11.9. The second-order valence-electron chi connectivity index (χ2n) is 5.28. The SMILES string of the molecule is COC(=O)c1cc(Nc2cc(C)n[nH]2)nc(C=Cc2ccccc2)n1. The predicted octanol–water partition coefficient (Wildman–Crippen LogP) is 3.21. The number of carbonyl (C=O) groups excluding carboxylic acids is 1. The van der Waals surface area contributed by atoms with E-state index in [9.17, 15) is 4.79 Å². The molecule has 0 radical (unpaired) electrons. The van der Waals surface area contributed by atoms with Gasteiger partial charge in [-0.2, -0.15) is 5.10 Å². The molecule has 2 N–H and O–H groups in total. The van der Waals surface area contributed by atoms with Crippen molar-refractivity contribution in [2.75, 3.05) is 12.4 Å². The summed E-state index contributed by atoms with van der Waals surface area (Å²) in [4.78, 5) is 20.5. The van der Waals surface area contributed by atoms with Crippen molar-refractivity contribution in [2.45, 2.75) is 6.92 Å². The minimum atomic E-state index is -0.527. The molecule has 0 spiro atoms. The fourth-order valence-corrected chi connectivity index (χ4v) is 2.17. The number of esters is 1. The zero-order chi connectivity index (χ0) is 17.6. The fourth-order valence-electron chi connectivity index (χ4n) is 2.17. The molecule has 0 unspecified atom stereocenters. The number of H-pyrrole nitrogens is 1. The number of hydrogen-bond acceptors (Lipinski definition) is 6. The van der Waals surface area contributed by atoms with Crippen molar-refractivity contribution in [1.82, 2.24) is 20.2 Å². The third-order valence-electron chi connectivity index (χ3n) is 3.33. The Morgan fingerprint density at radius 2 is 1.96 bits per heavy atom. The zero-order valence-electron chi connectivity index (χ0n) is 13.9. The van der Waals surface area contributed by atoms with E-state index in [4.69, 9.17) is 4.74 Å². The largest absolute Gasteiger partial charge is 0.464 e. The molecule has 0 fully saturated rings. The van der Waals surface area contributed by atoms with E-state index < -0.39 is 5.97 Å². The molecule has 2 heterocycles. The van der Waals surface area contributed by atoms with Crippen LogP contribution in [0.2, 0.25) is 0 Å². The smallest absolute Gasteiger partial charge is 0.356 e. The number of carbonyl (C=O) groups is 1. The van der Waals surface area contributed by atoms with E-state index in [1.54, 1.807) is 6.08 Å². The molecule has 0 atom stereocenters. The number of anilines is 2. The second kappa shape index (κ2) is 7.39. The molecular formula is C18H17N5O2. The van der Waals surface area contributed by atoms with Crippen LogP contribution in [0.1, 0.15) is 27.6 Å². The molecule has 25 heavy (non-hydrogen) atoms. The first-order chi connectivity index (χ1) is 12.1. The first-order valence-corrected chi connectivity index (χ1v) is 7.63. The van der Waals surface area contributed by atoms with Gasteiger partial charge in [0, 0.05) is 12.1 Å². The maximum Gasteiger partial charge on any atom is 0.356 e. The van der Waals surface area contributed by atoms with Gasteiger partial charge in [-0.25, -0.2) is 14.8 Å². The van der Waals surface area contributed by atoms with Crippen molar-refractivity contribution in [3.8, 4) is 0 Å². The Bertz CT molecular complexity index is 903. The van der Waals surface area contributed by atoms with Crippen LogP contribution in [0.3, 0.4) is 0 Å². The number of methoxy groups -OCH3 is 1. The minimum absolute atomic E-state index is 0.170. The number of benzene rings is 1. The Balaban J connectivity index is 1.92. The van der Waals surface area contributed by atoms with Gasteiger partial charge in [-0.1, -0.05) is 36.4 Å². The summed E-state index contributed by atoms with van der Waals surface area (Å²) in [6.07, 6.45) is 3.62. The molecule has 0 aliphatic heterocycles. The van der Waals surface area contributed by atoms with Crippen LogP contribution in [0.15, 0.2) is 42.5 Å². The molecule has 0 saturated carbocycles. The number of rotatable bonds is 5. The van der Waals surface area contributed by atoms with E-state index in [1.165, 1.54) is 13.2 Å². The van der Waals surface area contributed by atoms with Crippen LogP contribution in [0, 0.1) is 6.92 Å². The maximum absolute atomic E-state index is 11.9. The van der Waals surface area contributed by atoms with Gasteiger partial charge in [0.05, 0.1) is 12.8 Å². The molecular weight excluding hydrogens is 318 g/mol. The molecule has 1 aromatic carbocycles. The molecule has 7 heteroatoms. The Morgan fingerprint density at radius 1 is 1.16 bits per heavy atom. The highest BCUT2D eigenvalue weighted by molar-refractivity contribution is 5.88. The number of aromatic amines is 1. The standard InChI is InChI=1S/C18H17N5O2/c1-12-10-17(23-22-12)21-16-11-14(18(24)25-2)19-15(20-16)9-8-13-6-4-3-5-7-13/h3-11H,1-2H3,(H2,19,20,21,22,23). The van der Waals surface area contributed by atoms with E-state index >= 15 is 0 Å². The highest BCUT2D eigenvalue weighted by Gasteiger charge is 2.12. The fraction of sp³-hybridized carbons (Fsp3) is 0.111. The topological polar surface area (TPSA) is 92.8 Å². The molecule has 3 aromatic rings. The summed E-state index contributed by atoms with van der Waals surface area (Å²) in [6, 6.07) is 13.1. The Labute approximate surface area is 144 Å². The Kier molecular flexibility index (Phi) is 4.84. The monoisotopic (exact) mass is 335 g/mol. The van der Waals surface area contributed by atoms with Crippen molar-refractivity contribution in [1.29, 1.82) is 0 Å². The molecule has 0 aliphatic rings. The number of hydrogen-bond donors (Lipinski definition) is 2. The molecule has 2 aromatic heterocycles. The quantitative estimate of drug-likeness (QED) is 0.696. The van der Waals surface area contributed by atoms with Crippen molar-refractivity contribution in [3.05, 3.63) is 65.2 Å². The van der Waals surface area contributed by atoms with Gasteiger partial charge in [-0.3, -0.25) is 5.10 Å². The van der Waals surface area contributed by atoms with E-state index in [1.807, 2.05) is 49.4 Å². The molecule has 0 aliphatic carbocycles. The number of aromatic nitrogens is 4. The first kappa shape index (κ1) is 16.4. The first-order valence-electron chi connectivity index (χ1n) is 7.63. The minimum Gasteiger partial charge on any atom is -0.464 e. The average molecular weight is 335 g/mol. The van der Waals surface area contributed by atoms with Crippen molar-refractivity contribution < 1.29 is 9.53 Å². The van der Waals surface area contributed by atoms with E-state index in [0.717, 1.165) is 11.3 Å². The summed E-state index contributed by atoms with van der Waals surface area (Å²) >= 11 is 0. The lowest BCUT2D eigenvalue weighted by Gasteiger charge is -2.06. The summed E-state index contributed by atoms with van der Waals surface area (Å²) in [5, 5.41) is 9.96. The summed E-state index contributed by atoms with van der Waals surface area (Å²) < 4.78 is 4.76. The summed E-state index contributed by atoms with van der Waals surface area (Å²) in [7, 11) is 1.31. The lowest BCUT2D eigenvalue weighted by atomic mass is 10.2. The molecule has 3 rings (SSSR count). The Morgan fingerprint density at radius 3 is 2.64 bits per heavy atom. The third-order valence-corrected chi connectivity index (χ3v) is 3.33. The normalized spacial score (nSPS) is 10.8.